The summed E-state index contributed by atoms with van der Waals surface area (Å²) >= 11 is 18.9. The number of aromatic hydroxyl groups is 1. The number of nitrogens with zero attached hydrogens (tertiary/aromatic N) is 12. The van der Waals surface area contributed by atoms with Crippen LogP contribution in [-0.4, -0.2) is 105 Å². The maximum absolute atomic E-state index is 13.6. The third-order valence-corrected chi connectivity index (χ3v) is 23.2. The number of halogens is 6. The number of Topliss-reactive ketones (excluding diaryl/α,β-unsaturated/α-hetero) is 1. The Morgan fingerprint density at radius 1 is 0.643 bits per heavy atom. The number of carbonyl (C=O) groups excluding carboxylic acids is 7. The molecule has 8 N–H and O–H groups in total. The normalized spacial score (nSPS) is 14.4. The summed E-state index contributed by atoms with van der Waals surface area (Å²) in [6.07, 6.45) is -0.496. The van der Waals surface area contributed by atoms with Crippen LogP contribution in [0.4, 0.5) is 64.4 Å². The van der Waals surface area contributed by atoms with E-state index in [1.807, 2.05) is 128 Å². The smallest absolute Gasteiger partial charge is 0.434 e. The highest BCUT2D eigenvalue weighted by Crippen LogP contribution is 2.47. The van der Waals surface area contributed by atoms with E-state index in [2.05, 4.69) is 64.3 Å². The Morgan fingerprint density at radius 2 is 1.26 bits per heavy atom. The number of pyridine rings is 1. The maximum atomic E-state index is 13.6. The summed E-state index contributed by atoms with van der Waals surface area (Å²) < 4.78 is 46.6. The summed E-state index contributed by atoms with van der Waals surface area (Å²) in [5, 5.41) is 103. The number of alkyl halides is 3. The largest absolute Gasteiger partial charge is 0.506 e. The van der Waals surface area contributed by atoms with Crippen molar-refractivity contribution in [1.82, 2.24) is 24.6 Å². The van der Waals surface area contributed by atoms with Crippen molar-refractivity contribution in [2.75, 3.05) is 45.2 Å². The molecule has 3 atom stereocenters. The number of para-hydroxylation sites is 4. The van der Waals surface area contributed by atoms with Crippen molar-refractivity contribution in [2.45, 2.75) is 60.6 Å². The summed E-state index contributed by atoms with van der Waals surface area (Å²) in [6, 6.07) is 81.3. The van der Waals surface area contributed by atoms with E-state index in [4.69, 9.17) is 60.6 Å². The van der Waals surface area contributed by atoms with Gasteiger partial charge in [0.15, 0.2) is 17.5 Å². The first-order chi connectivity index (χ1) is 67.3. The second-order valence-electron chi connectivity index (χ2n) is 30.4. The van der Waals surface area contributed by atoms with Crippen molar-refractivity contribution < 1.29 is 71.3 Å². The Morgan fingerprint density at radius 3 is 1.91 bits per heavy atom. The van der Waals surface area contributed by atoms with E-state index in [1.165, 1.54) is 47.6 Å². The topological polar surface area (TPSA) is 508 Å². The Bertz CT molecular complexity index is 7340. The standard InChI is InChI=1S/C20H17N5O8.C18H16N2O.C17H10ClF3N4O3.C17H12N2O.C15H10Cl2N2O2S.C12H6N4/c26-18-8-9-19(27)23(18)11-20(28)33-12-16(13-4-2-1-3-5-13)22-21-15-7-6-14(24(29)30)10-17(15)25(31)32;1-11(21)17-13-7-3-5-9-16(13)20-18(17)14-10-19-15-8-4-2-6-12(14)15;18-10-2-1-3-11(8-10)23-16(26)14-9-22-24(15(14)17(19,20)21)12-4-6-13(7-5-12)25(27)28;20-17-16(12-6-2-4-8-14(12)19-17)15-10-9-11-5-1-3-7-13(11)18-15;16-8-2-4-12(20)11(5-8)18-7-14-15(21)19-10-3-1-9(17)6-13(10)22-14;13-5-11(6-14)9-1-2-10(4-3-9)12(7-15)8-16/h1-7,10,21H,8-9,11-12H2;2-10,17-20H,1H3;1-9H,(H,23,26);1-10,16H,(H,19,20);1-7,18,20H,(H,19,21);1-4,11-12H/b22-16-;;;;14-7+;. The van der Waals surface area contributed by atoms with E-state index in [1.54, 1.807) is 97.9 Å². The lowest BCUT2D eigenvalue weighted by Gasteiger charge is -2.18. The predicted molar refractivity (Wildman–Crippen MR) is 516 cm³/mol. The predicted octanol–water partition coefficient (Wildman–Crippen LogP) is 20.7. The average molecular weight is 1960 g/mol. The Labute approximate surface area is 811 Å². The lowest BCUT2D eigenvalue weighted by molar-refractivity contribution is -0.393. The van der Waals surface area contributed by atoms with Crippen LogP contribution in [0.3, 0.4) is 0 Å². The molecular formula is C99H71Cl3F3N19O15S. The number of H-pyrrole nitrogens is 1. The molecule has 0 bridgehead atoms. The number of carbonyl (C=O) groups is 7. The number of fused-ring (bicyclic) bond motifs is 5. The summed E-state index contributed by atoms with van der Waals surface area (Å²) in [4.78, 5) is 125. The number of phenols is 1. The molecule has 0 aliphatic carbocycles. The highest BCUT2D eigenvalue weighted by molar-refractivity contribution is 8.04. The van der Waals surface area contributed by atoms with Crippen molar-refractivity contribution in [1.29, 1.82) is 21.0 Å². The van der Waals surface area contributed by atoms with E-state index < -0.39 is 85.6 Å². The molecule has 1 fully saturated rings. The highest BCUT2D eigenvalue weighted by Gasteiger charge is 2.42. The average Bonchev–Trinajstić information content (AvgIpc) is 1.63. The fourth-order valence-corrected chi connectivity index (χ4v) is 16.2. The number of hydrazone groups is 1. The number of aromatic amines is 1. The highest BCUT2D eigenvalue weighted by atomic mass is 35.5. The molecule has 5 amide bonds. The van der Waals surface area contributed by atoms with E-state index in [9.17, 15) is 82.2 Å². The van der Waals surface area contributed by atoms with E-state index in [0.717, 1.165) is 114 Å². The van der Waals surface area contributed by atoms with Crippen LogP contribution in [0.15, 0.2) is 300 Å². The number of nitro groups is 3. The number of nitro benzene ring substituents is 3. The molecular weight excluding hydrogens is 1890 g/mol. The van der Waals surface area contributed by atoms with Crippen LogP contribution < -0.4 is 32.0 Å². The number of likely N-dealkylation sites (tertiary alicyclic amines) is 1. The number of non-ortho nitro benzene ring substituents is 2. The number of esters is 1. The minimum atomic E-state index is -4.90. The molecule has 700 valence electrons. The molecule has 4 aliphatic heterocycles. The van der Waals surface area contributed by atoms with Gasteiger partial charge in [-0.1, -0.05) is 186 Å². The number of ether oxygens (including phenoxy) is 1. The number of thioether (sulfide) groups is 1. The molecule has 0 saturated carbocycles. The van der Waals surface area contributed by atoms with Gasteiger partial charge in [0, 0.05) is 108 Å². The Balaban J connectivity index is 0.000000143. The number of nitrogens with one attached hydrogen (secondary N) is 7. The molecule has 18 rings (SSSR count). The van der Waals surface area contributed by atoms with E-state index in [-0.39, 0.29) is 89.1 Å². The maximum Gasteiger partial charge on any atom is 0.434 e. The van der Waals surface area contributed by atoms with Crippen molar-refractivity contribution in [3.05, 3.63) is 386 Å². The van der Waals surface area contributed by atoms with Crippen LogP contribution in [0.2, 0.25) is 15.1 Å². The number of amides is 5. The first-order valence-corrected chi connectivity index (χ1v) is 43.6. The summed E-state index contributed by atoms with van der Waals surface area (Å²) in [5.41, 5.74) is 10.2. The van der Waals surface area contributed by atoms with Crippen molar-refractivity contribution in [3.63, 3.8) is 0 Å². The number of ketones is 1. The number of rotatable bonds is 20. The first kappa shape index (κ1) is 99.5. The molecule has 14 aromatic rings. The zero-order valence-electron chi connectivity index (χ0n) is 72.6. The van der Waals surface area contributed by atoms with Gasteiger partial charge in [-0.3, -0.25) is 79.2 Å². The Hall–Kier alpha value is -18.0. The van der Waals surface area contributed by atoms with Crippen molar-refractivity contribution >= 4 is 167 Å². The van der Waals surface area contributed by atoms with Crippen molar-refractivity contribution in [3.8, 4) is 35.7 Å². The van der Waals surface area contributed by atoms with E-state index >= 15 is 0 Å². The van der Waals surface area contributed by atoms with Gasteiger partial charge in [0.25, 0.3) is 23.2 Å². The van der Waals surface area contributed by atoms with Crippen LogP contribution >= 0.6 is 46.6 Å². The van der Waals surface area contributed by atoms with Gasteiger partial charge in [-0.25, -0.2) is 4.68 Å². The molecule has 1 saturated heterocycles. The number of phenolic OH excluding ortho intramolecular Hbond substituents is 1. The second kappa shape index (κ2) is 45.4. The molecule has 0 spiro atoms. The number of imide groups is 1. The van der Waals surface area contributed by atoms with Gasteiger partial charge < -0.3 is 41.4 Å². The summed E-state index contributed by atoms with van der Waals surface area (Å²) in [7, 11) is 0. The number of benzene rings is 11. The lowest BCUT2D eigenvalue weighted by Crippen LogP contribution is -2.35. The molecule has 34 nitrogen and oxygen atoms in total. The molecule has 41 heteroatoms. The lowest BCUT2D eigenvalue weighted by atomic mass is 9.87. The van der Waals surface area contributed by atoms with Crippen LogP contribution in [0.25, 0.3) is 27.5 Å². The van der Waals surface area contributed by atoms with Crippen LogP contribution in [0.5, 0.6) is 5.75 Å². The van der Waals surface area contributed by atoms with Gasteiger partial charge in [0.1, 0.15) is 42.0 Å². The minimum absolute atomic E-state index is 0.00366. The van der Waals surface area contributed by atoms with Crippen LogP contribution in [0, 0.1) is 75.7 Å². The Kier molecular flexibility index (Phi) is 32.3. The molecule has 140 heavy (non-hydrogen) atoms. The zero-order valence-corrected chi connectivity index (χ0v) is 75.6. The quantitative estimate of drug-likeness (QED) is 0.00668. The summed E-state index contributed by atoms with van der Waals surface area (Å²) in [5.74, 6) is -4.81. The molecule has 3 unspecified atom stereocenters. The number of aromatic nitrogens is 4. The SMILES string of the molecule is CC(=O)C1c2ccccc2NC1c1c[nH]c2ccccc12.N#CC(C#N)c1ccc(C(C#N)C#N)cc1.O=C(CN1C(=O)CCC1=O)OC/C(=N/Nc1ccc([N+](=O)[O-])cc1[N+](=O)[O-])c1ccccc1.O=C(Nc1cccc(Cl)c1)c1cnn(-c2ccc([N+](=O)[O-])cc2)c1C(F)(F)F.O=C1Nc2ccc(Cl)cc2S/C1=C/Nc1cc(Cl)ccc1O.O=C1Nc2ccccc2C1c1ccc2ccccc2n1. The van der Waals surface area contributed by atoms with Gasteiger partial charge in [-0.2, -0.15) is 44.4 Å². The third kappa shape index (κ3) is 24.4. The fraction of sp³-hybridized carbons (Fsp3) is 0.111. The van der Waals surface area contributed by atoms with Gasteiger partial charge in [-0.05, 0) is 132 Å². The zero-order chi connectivity index (χ0) is 100. The molecule has 0 radical (unpaired) electrons. The van der Waals surface area contributed by atoms with Gasteiger partial charge in [0.2, 0.25) is 17.7 Å². The minimum Gasteiger partial charge on any atom is -0.506 e. The molecule has 4 aliphatic rings. The fourth-order valence-electron chi connectivity index (χ4n) is 14.7. The molecule has 7 heterocycles. The summed E-state index contributed by atoms with van der Waals surface area (Å²) in [6.45, 7) is 0.782. The number of anilines is 6. The van der Waals surface area contributed by atoms with E-state index in [0.29, 0.717) is 47.0 Å². The van der Waals surface area contributed by atoms with Crippen molar-refractivity contribution in [2.24, 2.45) is 5.10 Å². The van der Waals surface area contributed by atoms with Gasteiger partial charge >= 0.3 is 17.8 Å². The number of nitriles is 4. The molecule has 3 aromatic heterocycles. The monoisotopic (exact) mass is 1960 g/mol. The number of hydrogen-bond donors (Lipinski definition) is 8. The third-order valence-electron chi connectivity index (χ3n) is 21.4. The van der Waals surface area contributed by atoms with Crippen LogP contribution in [0.1, 0.15) is 105 Å². The first-order valence-electron chi connectivity index (χ1n) is 41.7. The number of hydrogen-bond acceptors (Lipinski definition) is 26. The molecule has 11 aromatic carbocycles. The van der Waals surface area contributed by atoms with Crippen LogP contribution in [-0.2, 0) is 39.7 Å². The van der Waals surface area contributed by atoms with Gasteiger partial charge in [-0.15, -0.1) is 0 Å². The van der Waals surface area contributed by atoms with Gasteiger partial charge in [0.05, 0.1) is 102 Å². The second-order valence-corrected chi connectivity index (χ2v) is 32.8.